The van der Waals surface area contributed by atoms with Crippen LogP contribution in [-0.2, 0) is 23.9 Å². The molecule has 0 aromatic rings. The number of hydrogen-bond acceptors (Lipinski definition) is 6. The highest BCUT2D eigenvalue weighted by Gasteiger charge is 2.18. The Morgan fingerprint density at radius 2 is 1.11 bits per heavy atom. The Balaban J connectivity index is 4.53. The second-order valence-corrected chi connectivity index (χ2v) is 13.4. The molecule has 2 atom stereocenters. The van der Waals surface area contributed by atoms with Crippen molar-refractivity contribution in [3.05, 3.63) is 85.1 Å². The van der Waals surface area contributed by atoms with Gasteiger partial charge in [0, 0.05) is 6.42 Å². The van der Waals surface area contributed by atoms with Crippen molar-refractivity contribution in [1.29, 1.82) is 0 Å². The van der Waals surface area contributed by atoms with E-state index in [1.54, 1.807) is 0 Å². The van der Waals surface area contributed by atoms with Gasteiger partial charge in [0.2, 0.25) is 11.8 Å². The van der Waals surface area contributed by atoms with Crippen LogP contribution in [0.4, 0.5) is 0 Å². The summed E-state index contributed by atoms with van der Waals surface area (Å²) in [5.74, 6) is -2.48. The third-order valence-electron chi connectivity index (χ3n) is 8.41. The van der Waals surface area contributed by atoms with Crippen LogP contribution in [0.25, 0.3) is 0 Å². The van der Waals surface area contributed by atoms with Crippen LogP contribution in [0.1, 0.15) is 149 Å². The molecule has 0 fully saturated rings. The van der Waals surface area contributed by atoms with E-state index in [1.807, 2.05) is 12.2 Å². The topological polar surface area (TPSA) is 142 Å². The second kappa shape index (κ2) is 38.7. The number of carboxylic acids is 1. The number of unbranched alkanes of at least 4 members (excludes halogenated alkanes) is 8. The molecule has 0 aliphatic heterocycles. The summed E-state index contributed by atoms with van der Waals surface area (Å²) >= 11 is 0. The van der Waals surface area contributed by atoms with E-state index in [0.29, 0.717) is 6.42 Å². The Kier molecular flexibility index (Phi) is 35.9. The monoisotopic (exact) mass is 753 g/mol. The third-order valence-corrected chi connectivity index (χ3v) is 8.41. The number of esters is 1. The minimum absolute atomic E-state index is 0.115. The lowest BCUT2D eigenvalue weighted by molar-refractivity contribution is -0.148. The first-order valence-corrected chi connectivity index (χ1v) is 20.5. The number of nitrogens with one attached hydrogen (secondary N) is 2. The lowest BCUT2D eigenvalue weighted by Crippen LogP contribution is -2.47. The first-order chi connectivity index (χ1) is 26.3. The second-order valence-electron chi connectivity index (χ2n) is 13.4. The number of allylic oxidation sites excluding steroid dienone is 13. The van der Waals surface area contributed by atoms with E-state index in [0.717, 1.165) is 96.3 Å². The quantitative estimate of drug-likeness (QED) is 0.0287. The molecule has 9 heteroatoms. The zero-order valence-corrected chi connectivity index (χ0v) is 33.4. The van der Waals surface area contributed by atoms with E-state index in [4.69, 9.17) is 14.9 Å². The fourth-order valence-corrected chi connectivity index (χ4v) is 5.29. The predicted molar refractivity (Wildman–Crippen MR) is 222 cm³/mol. The Morgan fingerprint density at radius 1 is 0.593 bits per heavy atom. The van der Waals surface area contributed by atoms with E-state index in [1.165, 1.54) is 19.3 Å². The maximum atomic E-state index is 12.7. The molecule has 0 aromatic heterocycles. The van der Waals surface area contributed by atoms with Gasteiger partial charge in [0.25, 0.3) is 0 Å². The average molecular weight is 753 g/mol. The van der Waals surface area contributed by atoms with Crippen LogP contribution in [-0.4, -0.2) is 59.3 Å². The number of aliphatic hydroxyl groups is 1. The maximum Gasteiger partial charge on any atom is 0.328 e. The molecule has 0 saturated carbocycles. The van der Waals surface area contributed by atoms with Gasteiger partial charge in [-0.25, -0.2) is 4.79 Å². The van der Waals surface area contributed by atoms with Crippen molar-refractivity contribution in [3.8, 4) is 0 Å². The number of aliphatic hydroxyl groups excluding tert-OH is 1. The number of carboxylic acid groups (broad SMARTS) is 1. The van der Waals surface area contributed by atoms with Gasteiger partial charge < -0.3 is 25.6 Å². The molecule has 0 aromatic carbocycles. The molecule has 2 unspecified atom stereocenters. The summed E-state index contributed by atoms with van der Waals surface area (Å²) in [5.41, 5.74) is 0. The summed E-state index contributed by atoms with van der Waals surface area (Å²) in [4.78, 5) is 47.4. The minimum atomic E-state index is -1.39. The van der Waals surface area contributed by atoms with Gasteiger partial charge in [0.05, 0.1) is 19.6 Å². The third kappa shape index (κ3) is 35.1. The molecule has 0 radical (unpaired) electrons. The van der Waals surface area contributed by atoms with Gasteiger partial charge in [0.1, 0.15) is 12.1 Å². The van der Waals surface area contributed by atoms with Crippen molar-refractivity contribution in [2.45, 2.75) is 161 Å². The lowest BCUT2D eigenvalue weighted by Gasteiger charge is -2.17. The fourth-order valence-electron chi connectivity index (χ4n) is 5.29. The van der Waals surface area contributed by atoms with Crippen molar-refractivity contribution in [1.82, 2.24) is 10.6 Å². The normalized spacial score (nSPS) is 13.4. The van der Waals surface area contributed by atoms with Gasteiger partial charge in [-0.05, 0) is 89.9 Å². The molecule has 0 aliphatic rings. The van der Waals surface area contributed by atoms with Gasteiger partial charge in [-0.2, -0.15) is 0 Å². The Bertz CT molecular complexity index is 1180. The van der Waals surface area contributed by atoms with E-state index < -0.39 is 24.5 Å². The fraction of sp³-hybridized carbons (Fsp3) is 0.600. The number of aliphatic carboxylic acids is 1. The summed E-state index contributed by atoms with van der Waals surface area (Å²) in [6.07, 6.45) is 49.1. The van der Waals surface area contributed by atoms with Crippen LogP contribution in [0, 0.1) is 0 Å². The molecule has 0 heterocycles. The number of hydrogen-bond donors (Lipinski definition) is 4. The lowest BCUT2D eigenvalue weighted by atomic mass is 10.0. The first kappa shape index (κ1) is 50.0. The summed E-state index contributed by atoms with van der Waals surface area (Å²) in [6, 6.07) is -1.39. The largest absolute Gasteiger partial charge is 0.480 e. The minimum Gasteiger partial charge on any atom is -0.480 e. The van der Waals surface area contributed by atoms with Crippen molar-refractivity contribution < 1.29 is 34.1 Å². The highest BCUT2D eigenvalue weighted by Crippen LogP contribution is 2.16. The molecule has 0 bridgehead atoms. The molecule has 0 aliphatic carbocycles. The van der Waals surface area contributed by atoms with Crippen molar-refractivity contribution in [3.63, 3.8) is 0 Å². The average Bonchev–Trinajstić information content (AvgIpc) is 3.15. The van der Waals surface area contributed by atoms with Gasteiger partial charge >= 0.3 is 11.9 Å². The van der Waals surface area contributed by atoms with E-state index in [2.05, 4.69) is 97.4 Å². The van der Waals surface area contributed by atoms with Gasteiger partial charge in [0.15, 0.2) is 0 Å². The van der Waals surface area contributed by atoms with Crippen LogP contribution in [0.2, 0.25) is 0 Å². The van der Waals surface area contributed by atoms with Gasteiger partial charge in [-0.15, -0.1) is 0 Å². The molecule has 0 rings (SSSR count). The number of carbonyl (C=O) groups is 4. The Morgan fingerprint density at radius 3 is 1.69 bits per heavy atom. The SMILES string of the molecule is CC/C=C\C/C=C\C/C=C\C/C=C\C/C=C\CC(=O)OC(CCC/C=C\C/C=C\CCCCC)CCCCCCCC(=O)NCC(=O)NC(CO)C(=O)O. The standard InChI is InChI=1S/C45H72N2O7/c1-3-5-7-9-11-13-15-16-17-18-20-22-24-29-33-37-44(51)54-40(34-30-26-23-21-19-14-12-10-8-6-4-2)35-31-27-25-28-32-36-42(49)46-38-43(50)47-41(39-48)45(52)53/h5,7,11-14,16-17,20-23,29,33,40-41,48H,3-4,6,8-10,15,18-19,24-28,30-32,34-39H2,1-2H3,(H,46,49)(H,47,50)(H,52,53)/b7-5-,13-11-,14-12-,17-16-,22-20-,23-21-,33-29-. The molecule has 0 saturated heterocycles. The van der Waals surface area contributed by atoms with Crippen molar-refractivity contribution >= 4 is 23.8 Å². The summed E-state index contributed by atoms with van der Waals surface area (Å²) in [7, 11) is 0. The number of carbonyl (C=O) groups excluding carboxylic acids is 3. The predicted octanol–water partition coefficient (Wildman–Crippen LogP) is 9.70. The van der Waals surface area contributed by atoms with E-state index in [-0.39, 0.29) is 37.4 Å². The number of amides is 2. The molecular weight excluding hydrogens is 681 g/mol. The van der Waals surface area contributed by atoms with Gasteiger partial charge in [-0.1, -0.05) is 131 Å². The first-order valence-electron chi connectivity index (χ1n) is 20.5. The number of ether oxygens (including phenoxy) is 1. The smallest absolute Gasteiger partial charge is 0.328 e. The van der Waals surface area contributed by atoms with Crippen LogP contribution in [0.3, 0.4) is 0 Å². The molecule has 304 valence electrons. The summed E-state index contributed by atoms with van der Waals surface area (Å²) in [6.45, 7) is 3.29. The van der Waals surface area contributed by atoms with Crippen LogP contribution in [0.5, 0.6) is 0 Å². The zero-order chi connectivity index (χ0) is 39.7. The van der Waals surface area contributed by atoms with E-state index >= 15 is 0 Å². The van der Waals surface area contributed by atoms with E-state index in [9.17, 15) is 19.2 Å². The number of rotatable bonds is 35. The summed E-state index contributed by atoms with van der Waals surface area (Å²) < 4.78 is 5.92. The van der Waals surface area contributed by atoms with Crippen LogP contribution >= 0.6 is 0 Å². The molecule has 2 amide bonds. The van der Waals surface area contributed by atoms with Crippen LogP contribution in [0.15, 0.2) is 85.1 Å². The summed E-state index contributed by atoms with van der Waals surface area (Å²) in [5, 5.41) is 22.5. The maximum absolute atomic E-state index is 12.7. The Labute approximate surface area is 326 Å². The highest BCUT2D eigenvalue weighted by molar-refractivity contribution is 5.87. The molecule has 0 spiro atoms. The molecule has 4 N–H and O–H groups in total. The van der Waals surface area contributed by atoms with Crippen molar-refractivity contribution in [2.24, 2.45) is 0 Å². The Hall–Kier alpha value is -3.98. The molecule has 54 heavy (non-hydrogen) atoms. The molecule has 9 nitrogen and oxygen atoms in total. The molecular formula is C45H72N2O7. The van der Waals surface area contributed by atoms with Gasteiger partial charge in [-0.3, -0.25) is 14.4 Å². The zero-order valence-electron chi connectivity index (χ0n) is 33.4. The highest BCUT2D eigenvalue weighted by atomic mass is 16.5. The van der Waals surface area contributed by atoms with Crippen molar-refractivity contribution in [2.75, 3.05) is 13.2 Å². The van der Waals surface area contributed by atoms with Crippen LogP contribution < -0.4 is 10.6 Å².